The van der Waals surface area contributed by atoms with E-state index >= 15 is 0 Å². The van der Waals surface area contributed by atoms with Crippen LogP contribution in [-0.2, 0) is 0 Å². The molecule has 0 aliphatic carbocycles. The molecule has 22 heavy (non-hydrogen) atoms. The zero-order valence-electron chi connectivity index (χ0n) is 11.3. The molecule has 2 aromatic carbocycles. The molecule has 7 heteroatoms. The standard InChI is InChI=1S/C15H11F2N5/c16-10-6-7-13(12(17)8-10)20-14-9-18-22-15(21-14)19-11-4-2-1-3-5-11/h1-9H,(H2,19,20,21,22). The Morgan fingerprint density at radius 2 is 1.73 bits per heavy atom. The Morgan fingerprint density at radius 1 is 0.909 bits per heavy atom. The molecule has 0 amide bonds. The van der Waals surface area contributed by atoms with E-state index in [1.54, 1.807) is 0 Å². The molecule has 0 spiro atoms. The van der Waals surface area contributed by atoms with E-state index in [1.807, 2.05) is 30.3 Å². The lowest BCUT2D eigenvalue weighted by Gasteiger charge is -2.08. The van der Waals surface area contributed by atoms with Crippen LogP contribution in [0.5, 0.6) is 0 Å². The van der Waals surface area contributed by atoms with Gasteiger partial charge < -0.3 is 10.6 Å². The van der Waals surface area contributed by atoms with E-state index < -0.39 is 11.6 Å². The number of rotatable bonds is 4. The van der Waals surface area contributed by atoms with Gasteiger partial charge in [0.25, 0.3) is 0 Å². The first-order valence-electron chi connectivity index (χ1n) is 6.44. The number of anilines is 4. The first-order valence-corrected chi connectivity index (χ1v) is 6.44. The third kappa shape index (κ3) is 3.32. The van der Waals surface area contributed by atoms with Crippen molar-refractivity contribution in [3.8, 4) is 0 Å². The zero-order chi connectivity index (χ0) is 15.4. The highest BCUT2D eigenvalue weighted by Crippen LogP contribution is 2.20. The second-order valence-corrected chi connectivity index (χ2v) is 4.41. The van der Waals surface area contributed by atoms with Gasteiger partial charge in [0.2, 0.25) is 5.95 Å². The van der Waals surface area contributed by atoms with Gasteiger partial charge in [0.1, 0.15) is 11.6 Å². The summed E-state index contributed by atoms with van der Waals surface area (Å²) < 4.78 is 26.5. The summed E-state index contributed by atoms with van der Waals surface area (Å²) in [6.45, 7) is 0. The molecule has 0 aliphatic heterocycles. The van der Waals surface area contributed by atoms with Crippen LogP contribution in [0.4, 0.5) is 31.9 Å². The quantitative estimate of drug-likeness (QED) is 0.770. The third-order valence-corrected chi connectivity index (χ3v) is 2.78. The van der Waals surface area contributed by atoms with Crippen LogP contribution in [0, 0.1) is 11.6 Å². The van der Waals surface area contributed by atoms with Gasteiger partial charge in [-0.3, -0.25) is 0 Å². The molecule has 0 radical (unpaired) electrons. The summed E-state index contributed by atoms with van der Waals surface area (Å²) >= 11 is 0. The Bertz CT molecular complexity index is 780. The van der Waals surface area contributed by atoms with E-state index in [4.69, 9.17) is 0 Å². The molecule has 0 saturated carbocycles. The van der Waals surface area contributed by atoms with Crippen molar-refractivity contribution in [1.29, 1.82) is 0 Å². The number of nitrogens with zero attached hydrogens (tertiary/aromatic N) is 3. The Hall–Kier alpha value is -3.09. The molecule has 5 nitrogen and oxygen atoms in total. The largest absolute Gasteiger partial charge is 0.336 e. The van der Waals surface area contributed by atoms with Crippen LogP contribution in [0.25, 0.3) is 0 Å². The van der Waals surface area contributed by atoms with Crippen LogP contribution in [0.1, 0.15) is 0 Å². The normalized spacial score (nSPS) is 10.3. The SMILES string of the molecule is Fc1ccc(Nc2cnnc(Nc3ccccc3)n2)c(F)c1. The van der Waals surface area contributed by atoms with Crippen LogP contribution in [-0.4, -0.2) is 15.2 Å². The minimum absolute atomic E-state index is 0.104. The highest BCUT2D eigenvalue weighted by atomic mass is 19.1. The van der Waals surface area contributed by atoms with Crippen LogP contribution < -0.4 is 10.6 Å². The Labute approximate surface area is 125 Å². The Balaban J connectivity index is 1.79. The molecule has 0 unspecified atom stereocenters. The van der Waals surface area contributed by atoms with Gasteiger partial charge in [-0.05, 0) is 24.3 Å². The number of aromatic nitrogens is 3. The van der Waals surface area contributed by atoms with Crippen molar-refractivity contribution in [2.75, 3.05) is 10.6 Å². The molecule has 0 atom stereocenters. The van der Waals surface area contributed by atoms with Crippen molar-refractivity contribution in [2.24, 2.45) is 0 Å². The van der Waals surface area contributed by atoms with E-state index in [-0.39, 0.29) is 11.6 Å². The molecule has 3 aromatic rings. The van der Waals surface area contributed by atoms with Crippen LogP contribution in [0.2, 0.25) is 0 Å². The van der Waals surface area contributed by atoms with Crippen molar-refractivity contribution in [1.82, 2.24) is 15.2 Å². The summed E-state index contributed by atoms with van der Waals surface area (Å²) in [6.07, 6.45) is 1.35. The highest BCUT2D eigenvalue weighted by molar-refractivity contribution is 5.58. The third-order valence-electron chi connectivity index (χ3n) is 2.78. The number of halogens is 2. The molecule has 1 aromatic heterocycles. The summed E-state index contributed by atoms with van der Waals surface area (Å²) in [7, 11) is 0. The fourth-order valence-electron chi connectivity index (χ4n) is 1.80. The van der Waals surface area contributed by atoms with Crippen LogP contribution in [0.15, 0.2) is 54.7 Å². The minimum atomic E-state index is -0.712. The van der Waals surface area contributed by atoms with Crippen molar-refractivity contribution in [3.05, 3.63) is 66.4 Å². The van der Waals surface area contributed by atoms with Crippen molar-refractivity contribution in [3.63, 3.8) is 0 Å². The van der Waals surface area contributed by atoms with Crippen molar-refractivity contribution in [2.45, 2.75) is 0 Å². The van der Waals surface area contributed by atoms with Gasteiger partial charge in [-0.2, -0.15) is 10.1 Å². The van der Waals surface area contributed by atoms with Crippen molar-refractivity contribution >= 4 is 23.1 Å². The molecular weight excluding hydrogens is 288 g/mol. The summed E-state index contributed by atoms with van der Waals surface area (Å²) in [5.41, 5.74) is 0.905. The summed E-state index contributed by atoms with van der Waals surface area (Å²) in [6, 6.07) is 12.6. The first kappa shape index (κ1) is 13.9. The van der Waals surface area contributed by atoms with Gasteiger partial charge in [-0.1, -0.05) is 18.2 Å². The second kappa shape index (κ2) is 6.13. The van der Waals surface area contributed by atoms with Gasteiger partial charge >= 0.3 is 0 Å². The van der Waals surface area contributed by atoms with E-state index in [0.717, 1.165) is 17.8 Å². The van der Waals surface area contributed by atoms with Gasteiger partial charge in [-0.15, -0.1) is 5.10 Å². The van der Waals surface area contributed by atoms with E-state index in [0.29, 0.717) is 5.82 Å². The van der Waals surface area contributed by atoms with Gasteiger partial charge in [0, 0.05) is 11.8 Å². The average Bonchev–Trinajstić information content (AvgIpc) is 2.52. The Morgan fingerprint density at radius 3 is 2.50 bits per heavy atom. The maximum absolute atomic E-state index is 13.6. The average molecular weight is 299 g/mol. The zero-order valence-corrected chi connectivity index (χ0v) is 11.3. The molecule has 1 heterocycles. The summed E-state index contributed by atoms with van der Waals surface area (Å²) in [5.74, 6) is -0.802. The fourth-order valence-corrected chi connectivity index (χ4v) is 1.80. The molecule has 0 bridgehead atoms. The monoisotopic (exact) mass is 299 g/mol. The molecule has 0 aliphatic rings. The van der Waals surface area contributed by atoms with E-state index in [2.05, 4.69) is 25.8 Å². The van der Waals surface area contributed by atoms with Crippen LogP contribution in [0.3, 0.4) is 0 Å². The van der Waals surface area contributed by atoms with Gasteiger partial charge in [0.05, 0.1) is 11.9 Å². The summed E-state index contributed by atoms with van der Waals surface area (Å²) in [4.78, 5) is 4.17. The maximum atomic E-state index is 13.6. The number of benzene rings is 2. The molecule has 0 fully saturated rings. The van der Waals surface area contributed by atoms with Gasteiger partial charge in [-0.25, -0.2) is 8.78 Å². The van der Waals surface area contributed by atoms with E-state index in [1.165, 1.54) is 12.3 Å². The first-order chi connectivity index (χ1) is 10.7. The number of nitrogens with one attached hydrogen (secondary N) is 2. The van der Waals surface area contributed by atoms with E-state index in [9.17, 15) is 8.78 Å². The Kier molecular flexibility index (Phi) is 3.86. The minimum Gasteiger partial charge on any atom is -0.336 e. The van der Waals surface area contributed by atoms with Gasteiger partial charge in [0.15, 0.2) is 5.82 Å². The lowest BCUT2D eigenvalue weighted by atomic mass is 10.3. The topological polar surface area (TPSA) is 62.7 Å². The second-order valence-electron chi connectivity index (χ2n) is 4.41. The van der Waals surface area contributed by atoms with Crippen LogP contribution >= 0.6 is 0 Å². The van der Waals surface area contributed by atoms with Crippen molar-refractivity contribution < 1.29 is 8.78 Å². The predicted molar refractivity (Wildman–Crippen MR) is 79.2 cm³/mol. The molecular formula is C15H11F2N5. The molecule has 3 rings (SSSR count). The maximum Gasteiger partial charge on any atom is 0.249 e. The lowest BCUT2D eigenvalue weighted by molar-refractivity contribution is 0.586. The molecule has 110 valence electrons. The lowest BCUT2D eigenvalue weighted by Crippen LogP contribution is -2.03. The molecule has 2 N–H and O–H groups in total. The smallest absolute Gasteiger partial charge is 0.249 e. The highest BCUT2D eigenvalue weighted by Gasteiger charge is 2.06. The fraction of sp³-hybridized carbons (Fsp3) is 0. The number of hydrogen-bond acceptors (Lipinski definition) is 5. The predicted octanol–water partition coefficient (Wildman–Crippen LogP) is 3.64. The summed E-state index contributed by atoms with van der Waals surface area (Å²) in [5, 5.41) is 13.3. The number of para-hydroxylation sites is 1. The molecule has 0 saturated heterocycles. The number of hydrogen-bond donors (Lipinski definition) is 2.